The molecule has 0 bridgehead atoms. The van der Waals surface area contributed by atoms with E-state index in [1.807, 2.05) is 0 Å². The first kappa shape index (κ1) is 7.21. The Morgan fingerprint density at radius 2 is 2.25 bits per heavy atom. The maximum Gasteiger partial charge on any atom is 0.330 e. The van der Waals surface area contributed by atoms with E-state index < -0.39 is 0 Å². The van der Waals surface area contributed by atoms with Gasteiger partial charge in [0.05, 0.1) is 6.10 Å². The van der Waals surface area contributed by atoms with E-state index in [1.165, 1.54) is 0 Å². The zero-order chi connectivity index (χ0) is 6.57. The van der Waals surface area contributed by atoms with Crippen LogP contribution >= 0.6 is 0 Å². The Morgan fingerprint density at radius 3 is 2.38 bits per heavy atom. The first-order chi connectivity index (χ1) is 3.66. The summed E-state index contributed by atoms with van der Waals surface area (Å²) >= 11 is 0. The van der Waals surface area contributed by atoms with E-state index in [0.717, 1.165) is 6.08 Å². The van der Waals surface area contributed by atoms with Gasteiger partial charge in [-0.05, 0) is 13.8 Å². The van der Waals surface area contributed by atoms with E-state index in [2.05, 4.69) is 11.3 Å². The average molecular weight is 114 g/mol. The van der Waals surface area contributed by atoms with Gasteiger partial charge in [-0.25, -0.2) is 4.79 Å². The number of rotatable bonds is 2. The minimum absolute atomic E-state index is 0.0412. The summed E-state index contributed by atoms with van der Waals surface area (Å²) in [5.41, 5.74) is 0. The van der Waals surface area contributed by atoms with Crippen molar-refractivity contribution in [3.05, 3.63) is 12.7 Å². The van der Waals surface area contributed by atoms with Gasteiger partial charge in [-0.15, -0.1) is 0 Å². The van der Waals surface area contributed by atoms with Crippen molar-refractivity contribution in [1.29, 1.82) is 0 Å². The third-order valence-corrected chi connectivity index (χ3v) is 0.519. The summed E-state index contributed by atoms with van der Waals surface area (Å²) in [7, 11) is 0. The van der Waals surface area contributed by atoms with Gasteiger partial charge < -0.3 is 4.74 Å². The highest BCUT2D eigenvalue weighted by Crippen LogP contribution is 1.87. The van der Waals surface area contributed by atoms with E-state index in [4.69, 9.17) is 0 Å². The Balaban J connectivity index is 3.39. The van der Waals surface area contributed by atoms with Gasteiger partial charge in [0.2, 0.25) is 0 Å². The van der Waals surface area contributed by atoms with Gasteiger partial charge in [0.15, 0.2) is 0 Å². The normalized spacial score (nSPS) is 8.88. The predicted molar refractivity (Wildman–Crippen MR) is 31.4 cm³/mol. The van der Waals surface area contributed by atoms with Crippen molar-refractivity contribution in [1.82, 2.24) is 0 Å². The molecule has 0 aromatic carbocycles. The van der Waals surface area contributed by atoms with Crippen molar-refractivity contribution < 1.29 is 9.53 Å². The molecule has 0 saturated heterocycles. The molecular weight excluding hydrogens is 104 g/mol. The van der Waals surface area contributed by atoms with Crippen LogP contribution in [0.15, 0.2) is 12.7 Å². The van der Waals surface area contributed by atoms with Gasteiger partial charge in [-0.3, -0.25) is 0 Å². The SMILES string of the molecule is C=CC(=O)OC(C)C. The third kappa shape index (κ3) is 3.40. The van der Waals surface area contributed by atoms with E-state index in [1.54, 1.807) is 13.8 Å². The van der Waals surface area contributed by atoms with Crippen LogP contribution in [0.2, 0.25) is 0 Å². The summed E-state index contributed by atoms with van der Waals surface area (Å²) in [5.74, 6) is -0.361. The highest BCUT2D eigenvalue weighted by atomic mass is 16.5. The largest absolute Gasteiger partial charge is 0.460 e. The molecule has 0 aromatic heterocycles. The summed E-state index contributed by atoms with van der Waals surface area (Å²) in [4.78, 5) is 10.3. The molecule has 0 saturated carbocycles. The van der Waals surface area contributed by atoms with E-state index in [9.17, 15) is 4.79 Å². The van der Waals surface area contributed by atoms with Gasteiger partial charge in [0, 0.05) is 6.08 Å². The molecule has 0 heterocycles. The van der Waals surface area contributed by atoms with Gasteiger partial charge in [-0.2, -0.15) is 0 Å². The Labute approximate surface area is 49.1 Å². The van der Waals surface area contributed by atoms with Gasteiger partial charge in [0.1, 0.15) is 0 Å². The molecule has 0 rings (SSSR count). The van der Waals surface area contributed by atoms with Gasteiger partial charge in [-0.1, -0.05) is 6.58 Å². The van der Waals surface area contributed by atoms with E-state index in [-0.39, 0.29) is 12.1 Å². The highest BCUT2D eigenvalue weighted by Gasteiger charge is 1.96. The van der Waals surface area contributed by atoms with Crippen LogP contribution in [0.1, 0.15) is 13.8 Å². The van der Waals surface area contributed by atoms with Crippen molar-refractivity contribution in [3.8, 4) is 0 Å². The monoisotopic (exact) mass is 114 g/mol. The predicted octanol–water partition coefficient (Wildman–Crippen LogP) is 1.12. The topological polar surface area (TPSA) is 26.3 Å². The van der Waals surface area contributed by atoms with Crippen LogP contribution in [0.25, 0.3) is 0 Å². The van der Waals surface area contributed by atoms with Crippen LogP contribution in [0.3, 0.4) is 0 Å². The fourth-order valence-corrected chi connectivity index (χ4v) is 0.280. The van der Waals surface area contributed by atoms with Crippen molar-refractivity contribution in [2.45, 2.75) is 20.0 Å². The average Bonchev–Trinajstić information content (AvgIpc) is 1.65. The molecule has 0 aliphatic rings. The molecule has 2 heteroatoms. The van der Waals surface area contributed by atoms with Gasteiger partial charge in [0.25, 0.3) is 0 Å². The lowest BCUT2D eigenvalue weighted by Gasteiger charge is -2.02. The quantitative estimate of drug-likeness (QED) is 0.397. The minimum Gasteiger partial charge on any atom is -0.460 e. The zero-order valence-corrected chi connectivity index (χ0v) is 5.18. The molecule has 0 amide bonds. The van der Waals surface area contributed by atoms with E-state index >= 15 is 0 Å². The van der Waals surface area contributed by atoms with Crippen LogP contribution in [0.5, 0.6) is 0 Å². The Bertz CT molecular complexity index is 94.7. The molecule has 0 aromatic rings. The minimum atomic E-state index is -0.361. The standard InChI is InChI=1S/C6H10O2/c1-4-6(7)8-5(2)3/h4-5H,1H2,2-3H3. The molecule has 0 atom stereocenters. The summed E-state index contributed by atoms with van der Waals surface area (Å²) in [6.07, 6.45) is 1.11. The maximum absolute atomic E-state index is 10.3. The van der Waals surface area contributed by atoms with Crippen LogP contribution < -0.4 is 0 Å². The molecule has 0 fully saturated rings. The summed E-state index contributed by atoms with van der Waals surface area (Å²) in [6, 6.07) is 0. The molecule has 8 heavy (non-hydrogen) atoms. The summed E-state index contributed by atoms with van der Waals surface area (Å²) in [6.45, 7) is 6.83. The second-order valence-electron chi connectivity index (χ2n) is 1.69. The van der Waals surface area contributed by atoms with Crippen molar-refractivity contribution in [2.24, 2.45) is 0 Å². The van der Waals surface area contributed by atoms with Crippen LogP contribution in [0.4, 0.5) is 0 Å². The first-order valence-corrected chi connectivity index (χ1v) is 2.50. The molecule has 0 aliphatic carbocycles. The van der Waals surface area contributed by atoms with Crippen LogP contribution in [0, 0.1) is 0 Å². The molecule has 46 valence electrons. The molecule has 2 nitrogen and oxygen atoms in total. The lowest BCUT2D eigenvalue weighted by atomic mass is 10.5. The number of ether oxygens (including phenoxy) is 1. The Kier molecular flexibility index (Phi) is 2.92. The molecule has 0 radical (unpaired) electrons. The first-order valence-electron chi connectivity index (χ1n) is 2.50. The Hall–Kier alpha value is -0.790. The number of esters is 1. The summed E-state index contributed by atoms with van der Waals surface area (Å²) in [5, 5.41) is 0. The molecule has 0 N–H and O–H groups in total. The number of carbonyl (C=O) groups excluding carboxylic acids is 1. The summed E-state index contributed by atoms with van der Waals surface area (Å²) < 4.78 is 4.64. The zero-order valence-electron chi connectivity index (χ0n) is 5.18. The fraction of sp³-hybridized carbons (Fsp3) is 0.500. The second kappa shape index (κ2) is 3.24. The van der Waals surface area contributed by atoms with Crippen molar-refractivity contribution in [3.63, 3.8) is 0 Å². The number of hydrogen-bond donors (Lipinski definition) is 0. The fourth-order valence-electron chi connectivity index (χ4n) is 0.280. The molecule has 0 aliphatic heterocycles. The van der Waals surface area contributed by atoms with Crippen LogP contribution in [-0.2, 0) is 9.53 Å². The second-order valence-corrected chi connectivity index (χ2v) is 1.69. The molecule has 0 spiro atoms. The Morgan fingerprint density at radius 1 is 1.75 bits per heavy atom. The number of carbonyl (C=O) groups is 1. The maximum atomic E-state index is 10.3. The van der Waals surface area contributed by atoms with Crippen molar-refractivity contribution in [2.75, 3.05) is 0 Å². The smallest absolute Gasteiger partial charge is 0.330 e. The lowest BCUT2D eigenvalue weighted by Crippen LogP contribution is -2.07. The third-order valence-electron chi connectivity index (χ3n) is 0.519. The highest BCUT2D eigenvalue weighted by molar-refractivity contribution is 5.81. The lowest BCUT2D eigenvalue weighted by molar-refractivity contribution is -0.141. The van der Waals surface area contributed by atoms with E-state index in [0.29, 0.717) is 0 Å². The van der Waals surface area contributed by atoms with Gasteiger partial charge >= 0.3 is 5.97 Å². The van der Waals surface area contributed by atoms with Crippen LogP contribution in [-0.4, -0.2) is 12.1 Å². The molecular formula is C6H10O2. The molecule has 0 unspecified atom stereocenters. The van der Waals surface area contributed by atoms with Crippen molar-refractivity contribution >= 4 is 5.97 Å². The number of hydrogen-bond acceptors (Lipinski definition) is 2.